The van der Waals surface area contributed by atoms with Crippen LogP contribution in [-0.4, -0.2) is 40.0 Å². The average Bonchev–Trinajstić information content (AvgIpc) is 3.31. The Labute approximate surface area is 121 Å². The zero-order valence-electron chi connectivity index (χ0n) is 12.4. The molecule has 0 spiro atoms. The standard InChI is InChI=1S/C16H25NO3/c1-18-10-5-11-20-16(12-17-13-8-9-13)14-6-3-4-7-15(14)19-2/h3-4,6-7,13,16-17H,5,8-12H2,1-2H3. The van der Waals surface area contributed by atoms with Gasteiger partial charge in [-0.2, -0.15) is 0 Å². The number of para-hydroxylation sites is 1. The minimum absolute atomic E-state index is 0.0311. The number of ether oxygens (including phenoxy) is 3. The molecule has 0 aliphatic heterocycles. The Morgan fingerprint density at radius 3 is 2.70 bits per heavy atom. The summed E-state index contributed by atoms with van der Waals surface area (Å²) in [6.45, 7) is 2.26. The maximum Gasteiger partial charge on any atom is 0.124 e. The molecule has 4 nitrogen and oxygen atoms in total. The molecule has 1 saturated carbocycles. The quantitative estimate of drug-likeness (QED) is 0.668. The summed E-state index contributed by atoms with van der Waals surface area (Å²) < 4.78 is 16.5. The van der Waals surface area contributed by atoms with Gasteiger partial charge in [0.2, 0.25) is 0 Å². The second-order valence-electron chi connectivity index (χ2n) is 5.13. The molecule has 1 N–H and O–H groups in total. The number of hydrogen-bond donors (Lipinski definition) is 1. The molecule has 4 heteroatoms. The van der Waals surface area contributed by atoms with Crippen LogP contribution in [0.3, 0.4) is 0 Å². The molecular weight excluding hydrogens is 254 g/mol. The van der Waals surface area contributed by atoms with Gasteiger partial charge in [0.1, 0.15) is 5.75 Å². The number of rotatable bonds is 10. The smallest absolute Gasteiger partial charge is 0.124 e. The highest BCUT2D eigenvalue weighted by molar-refractivity contribution is 5.35. The van der Waals surface area contributed by atoms with Gasteiger partial charge in [-0.05, 0) is 25.3 Å². The van der Waals surface area contributed by atoms with Crippen molar-refractivity contribution in [1.82, 2.24) is 5.32 Å². The van der Waals surface area contributed by atoms with E-state index < -0.39 is 0 Å². The molecule has 0 saturated heterocycles. The van der Waals surface area contributed by atoms with Crippen molar-refractivity contribution in [2.24, 2.45) is 0 Å². The van der Waals surface area contributed by atoms with Crippen LogP contribution in [0.15, 0.2) is 24.3 Å². The Balaban J connectivity index is 1.95. The van der Waals surface area contributed by atoms with Crippen LogP contribution < -0.4 is 10.1 Å². The van der Waals surface area contributed by atoms with E-state index in [2.05, 4.69) is 11.4 Å². The van der Waals surface area contributed by atoms with E-state index in [-0.39, 0.29) is 6.10 Å². The lowest BCUT2D eigenvalue weighted by Crippen LogP contribution is -2.26. The molecule has 0 aromatic heterocycles. The van der Waals surface area contributed by atoms with Crippen molar-refractivity contribution >= 4 is 0 Å². The SMILES string of the molecule is COCCCOC(CNC1CC1)c1ccccc1OC. The number of benzene rings is 1. The van der Waals surface area contributed by atoms with E-state index in [1.807, 2.05) is 18.2 Å². The van der Waals surface area contributed by atoms with Crippen LogP contribution >= 0.6 is 0 Å². The molecular formula is C16H25NO3. The molecule has 1 fully saturated rings. The van der Waals surface area contributed by atoms with Crippen LogP contribution in [0.2, 0.25) is 0 Å². The third kappa shape index (κ3) is 4.78. The first-order chi connectivity index (χ1) is 9.85. The van der Waals surface area contributed by atoms with Gasteiger partial charge in [0, 0.05) is 38.5 Å². The van der Waals surface area contributed by atoms with Crippen LogP contribution in [0.1, 0.15) is 30.9 Å². The van der Waals surface area contributed by atoms with Gasteiger partial charge in [0.05, 0.1) is 13.2 Å². The van der Waals surface area contributed by atoms with Crippen molar-refractivity contribution in [3.8, 4) is 5.75 Å². The predicted molar refractivity (Wildman–Crippen MR) is 79.2 cm³/mol. The van der Waals surface area contributed by atoms with Gasteiger partial charge in [0.15, 0.2) is 0 Å². The molecule has 1 aromatic carbocycles. The molecule has 1 aromatic rings. The van der Waals surface area contributed by atoms with Gasteiger partial charge in [-0.25, -0.2) is 0 Å². The van der Waals surface area contributed by atoms with Crippen molar-refractivity contribution in [3.05, 3.63) is 29.8 Å². The molecule has 2 rings (SSSR count). The topological polar surface area (TPSA) is 39.7 Å². The number of nitrogens with one attached hydrogen (secondary N) is 1. The summed E-state index contributed by atoms with van der Waals surface area (Å²) in [7, 11) is 3.42. The van der Waals surface area contributed by atoms with E-state index >= 15 is 0 Å². The van der Waals surface area contributed by atoms with Crippen LogP contribution in [0.25, 0.3) is 0 Å². The Morgan fingerprint density at radius 1 is 1.20 bits per heavy atom. The van der Waals surface area contributed by atoms with Gasteiger partial charge in [0.25, 0.3) is 0 Å². The maximum absolute atomic E-state index is 6.03. The Kier molecular flexibility index (Phi) is 6.30. The Hall–Kier alpha value is -1.10. The molecule has 0 heterocycles. The summed E-state index contributed by atoms with van der Waals surface area (Å²) in [6.07, 6.45) is 3.50. The molecule has 20 heavy (non-hydrogen) atoms. The van der Waals surface area contributed by atoms with Gasteiger partial charge >= 0.3 is 0 Å². The van der Waals surface area contributed by atoms with Crippen molar-refractivity contribution in [2.75, 3.05) is 34.0 Å². The molecule has 1 aliphatic carbocycles. The summed E-state index contributed by atoms with van der Waals surface area (Å²) in [5.41, 5.74) is 1.11. The summed E-state index contributed by atoms with van der Waals surface area (Å²) in [6, 6.07) is 8.75. The van der Waals surface area contributed by atoms with Crippen molar-refractivity contribution in [1.29, 1.82) is 0 Å². The van der Waals surface area contributed by atoms with Crippen LogP contribution in [0.5, 0.6) is 5.75 Å². The lowest BCUT2D eigenvalue weighted by Gasteiger charge is -2.21. The molecule has 112 valence electrons. The minimum atomic E-state index is 0.0311. The molecule has 0 amide bonds. The fourth-order valence-electron chi connectivity index (χ4n) is 2.18. The molecule has 0 radical (unpaired) electrons. The van der Waals surface area contributed by atoms with E-state index in [9.17, 15) is 0 Å². The largest absolute Gasteiger partial charge is 0.496 e. The van der Waals surface area contributed by atoms with Crippen LogP contribution in [0.4, 0.5) is 0 Å². The molecule has 0 bridgehead atoms. The first-order valence-corrected chi connectivity index (χ1v) is 7.32. The highest BCUT2D eigenvalue weighted by Gasteiger charge is 2.24. The molecule has 1 aliphatic rings. The lowest BCUT2D eigenvalue weighted by molar-refractivity contribution is 0.0372. The Bertz CT molecular complexity index is 393. The Morgan fingerprint density at radius 2 is 2.00 bits per heavy atom. The summed E-state index contributed by atoms with van der Waals surface area (Å²) in [4.78, 5) is 0. The van der Waals surface area contributed by atoms with Gasteiger partial charge in [-0.3, -0.25) is 0 Å². The summed E-state index contributed by atoms with van der Waals surface area (Å²) in [5, 5.41) is 3.54. The fourth-order valence-corrected chi connectivity index (χ4v) is 2.18. The highest BCUT2D eigenvalue weighted by atomic mass is 16.5. The normalized spacial score (nSPS) is 16.1. The van der Waals surface area contributed by atoms with E-state index in [0.29, 0.717) is 12.6 Å². The second kappa shape index (κ2) is 8.25. The summed E-state index contributed by atoms with van der Waals surface area (Å²) in [5.74, 6) is 0.891. The minimum Gasteiger partial charge on any atom is -0.496 e. The van der Waals surface area contributed by atoms with Crippen molar-refractivity contribution in [2.45, 2.75) is 31.4 Å². The summed E-state index contributed by atoms with van der Waals surface area (Å²) >= 11 is 0. The highest BCUT2D eigenvalue weighted by Crippen LogP contribution is 2.28. The number of methoxy groups -OCH3 is 2. The fraction of sp³-hybridized carbons (Fsp3) is 0.625. The van der Waals surface area contributed by atoms with Gasteiger partial charge in [-0.15, -0.1) is 0 Å². The van der Waals surface area contributed by atoms with Gasteiger partial charge < -0.3 is 19.5 Å². The van der Waals surface area contributed by atoms with Gasteiger partial charge in [-0.1, -0.05) is 18.2 Å². The number of hydrogen-bond acceptors (Lipinski definition) is 4. The molecule has 1 atom stereocenters. The third-order valence-electron chi connectivity index (χ3n) is 3.47. The first kappa shape index (κ1) is 15.3. The van der Waals surface area contributed by atoms with E-state index in [1.165, 1.54) is 12.8 Å². The zero-order chi connectivity index (χ0) is 14.2. The monoisotopic (exact) mass is 279 g/mol. The lowest BCUT2D eigenvalue weighted by atomic mass is 10.1. The predicted octanol–water partition coefficient (Wildman–Crippen LogP) is 2.54. The zero-order valence-corrected chi connectivity index (χ0v) is 12.4. The van der Waals surface area contributed by atoms with Crippen LogP contribution in [0, 0.1) is 0 Å². The van der Waals surface area contributed by atoms with E-state index in [0.717, 1.165) is 30.9 Å². The third-order valence-corrected chi connectivity index (χ3v) is 3.47. The van der Waals surface area contributed by atoms with E-state index in [4.69, 9.17) is 14.2 Å². The average molecular weight is 279 g/mol. The maximum atomic E-state index is 6.03. The first-order valence-electron chi connectivity index (χ1n) is 7.32. The van der Waals surface area contributed by atoms with Crippen molar-refractivity contribution in [3.63, 3.8) is 0 Å². The van der Waals surface area contributed by atoms with Crippen LogP contribution in [-0.2, 0) is 9.47 Å². The van der Waals surface area contributed by atoms with Crippen molar-refractivity contribution < 1.29 is 14.2 Å². The molecule has 1 unspecified atom stereocenters. The second-order valence-corrected chi connectivity index (χ2v) is 5.13. The van der Waals surface area contributed by atoms with E-state index in [1.54, 1.807) is 14.2 Å².